The number of hydrogen-bond donors (Lipinski definition) is 2. The first-order chi connectivity index (χ1) is 9.52. The van der Waals surface area contributed by atoms with Crippen LogP contribution in [0, 0.1) is 0 Å². The summed E-state index contributed by atoms with van der Waals surface area (Å²) < 4.78 is 5.36. The van der Waals surface area contributed by atoms with E-state index in [4.69, 9.17) is 39.5 Å². The second-order valence-electron chi connectivity index (χ2n) is 4.45. The summed E-state index contributed by atoms with van der Waals surface area (Å²) in [6.45, 7) is 0.582. The fourth-order valence-electron chi connectivity index (χ4n) is 2.37. The quantitative estimate of drug-likeness (QED) is 0.772. The van der Waals surface area contributed by atoms with Crippen LogP contribution in [0.2, 0.25) is 15.1 Å². The van der Waals surface area contributed by atoms with Crippen molar-refractivity contribution in [2.75, 3.05) is 6.54 Å². The van der Waals surface area contributed by atoms with Gasteiger partial charge in [-0.3, -0.25) is 0 Å². The third-order valence-electron chi connectivity index (χ3n) is 3.29. The fourth-order valence-corrected chi connectivity index (χ4v) is 3.13. The molecule has 0 aliphatic carbocycles. The molecule has 1 aromatic carbocycles. The second-order valence-corrected chi connectivity index (χ2v) is 5.59. The van der Waals surface area contributed by atoms with Gasteiger partial charge in [0.2, 0.25) is 6.29 Å². The van der Waals surface area contributed by atoms with Crippen LogP contribution in [0.15, 0.2) is 24.4 Å². The molecule has 0 fully saturated rings. The third-order valence-corrected chi connectivity index (χ3v) is 4.50. The van der Waals surface area contributed by atoms with Crippen molar-refractivity contribution in [3.8, 4) is 11.5 Å². The summed E-state index contributed by atoms with van der Waals surface area (Å²) in [4.78, 5) is 1.84. The zero-order chi connectivity index (χ0) is 14.4. The van der Waals surface area contributed by atoms with Crippen molar-refractivity contribution in [1.82, 2.24) is 4.90 Å². The minimum atomic E-state index is -1.14. The first-order valence-electron chi connectivity index (χ1n) is 5.85. The number of aliphatic hydroxyl groups is 1. The zero-order valence-electron chi connectivity index (χ0n) is 10.1. The largest absolute Gasteiger partial charge is 0.505 e. The van der Waals surface area contributed by atoms with Gasteiger partial charge in [-0.05, 0) is 6.08 Å². The zero-order valence-corrected chi connectivity index (χ0v) is 12.3. The van der Waals surface area contributed by atoms with Gasteiger partial charge in [0.05, 0.1) is 5.02 Å². The number of aliphatic hydroxyl groups excluding tert-OH is 1. The molecule has 0 spiro atoms. The Hall–Kier alpha value is -1.07. The van der Waals surface area contributed by atoms with Crippen molar-refractivity contribution < 1.29 is 14.9 Å². The maximum absolute atomic E-state index is 10.1. The molecule has 0 aromatic heterocycles. The van der Waals surface area contributed by atoms with Crippen LogP contribution in [0.4, 0.5) is 0 Å². The number of halogens is 3. The minimum absolute atomic E-state index is 0.0407. The van der Waals surface area contributed by atoms with Gasteiger partial charge in [0.1, 0.15) is 21.8 Å². The Morgan fingerprint density at radius 3 is 2.55 bits per heavy atom. The van der Waals surface area contributed by atoms with Crippen molar-refractivity contribution in [2.24, 2.45) is 0 Å². The first kappa shape index (κ1) is 13.9. The molecule has 0 radical (unpaired) electrons. The van der Waals surface area contributed by atoms with Crippen molar-refractivity contribution >= 4 is 34.8 Å². The molecule has 106 valence electrons. The highest BCUT2D eigenvalue weighted by atomic mass is 35.5. The molecule has 3 rings (SSSR count). The number of allylic oxidation sites excluding steroid dienone is 2. The molecule has 2 aliphatic heterocycles. The van der Waals surface area contributed by atoms with Crippen LogP contribution >= 0.6 is 34.8 Å². The summed E-state index contributed by atoms with van der Waals surface area (Å²) in [6, 6.07) is -0.556. The van der Waals surface area contributed by atoms with Crippen LogP contribution in [0.5, 0.6) is 11.5 Å². The fraction of sp³-hybridized carbons (Fsp3) is 0.231. The number of benzene rings is 1. The standard InChI is InChI=1S/C13H10Cl3NO3/c14-7-6-10(17-4-2-1-3-5-17)13(19)20-12(6)9(16)8(15)11(7)18/h1-4,10,13,18-19H,5H2. The Morgan fingerprint density at radius 2 is 1.90 bits per heavy atom. The lowest BCUT2D eigenvalue weighted by molar-refractivity contribution is -0.0494. The van der Waals surface area contributed by atoms with Crippen LogP contribution in [0.1, 0.15) is 11.6 Å². The number of phenols is 1. The van der Waals surface area contributed by atoms with Crippen molar-refractivity contribution in [3.63, 3.8) is 0 Å². The summed E-state index contributed by atoms with van der Waals surface area (Å²) in [5, 5.41) is 20.0. The highest BCUT2D eigenvalue weighted by molar-refractivity contribution is 6.46. The lowest BCUT2D eigenvalue weighted by Crippen LogP contribution is -2.32. The van der Waals surface area contributed by atoms with Crippen molar-refractivity contribution in [3.05, 3.63) is 45.1 Å². The van der Waals surface area contributed by atoms with Gasteiger partial charge in [-0.1, -0.05) is 47.0 Å². The van der Waals surface area contributed by atoms with E-state index in [0.29, 0.717) is 12.1 Å². The molecule has 0 saturated heterocycles. The van der Waals surface area contributed by atoms with E-state index in [1.807, 2.05) is 29.3 Å². The molecular weight excluding hydrogens is 325 g/mol. The average molecular weight is 335 g/mol. The molecule has 2 heterocycles. The van der Waals surface area contributed by atoms with Crippen molar-refractivity contribution in [1.29, 1.82) is 0 Å². The first-order valence-corrected chi connectivity index (χ1v) is 6.99. The molecule has 2 atom stereocenters. The van der Waals surface area contributed by atoms with Gasteiger partial charge < -0.3 is 19.8 Å². The molecule has 7 heteroatoms. The summed E-state index contributed by atoms with van der Waals surface area (Å²) in [5.74, 6) is -0.101. The van der Waals surface area contributed by atoms with E-state index in [0.717, 1.165) is 0 Å². The SMILES string of the molecule is Oc1c(Cl)c(Cl)c2c(c1Cl)C(N1C=CC=CC1)C(O)O2. The number of hydrogen-bond acceptors (Lipinski definition) is 4. The molecule has 0 bridgehead atoms. The lowest BCUT2D eigenvalue weighted by atomic mass is 10.0. The maximum atomic E-state index is 10.1. The smallest absolute Gasteiger partial charge is 0.222 e. The van der Waals surface area contributed by atoms with Crippen LogP contribution in [-0.4, -0.2) is 27.9 Å². The van der Waals surface area contributed by atoms with E-state index in [1.54, 1.807) is 0 Å². The minimum Gasteiger partial charge on any atom is -0.505 e. The van der Waals surface area contributed by atoms with E-state index in [9.17, 15) is 10.2 Å². The van der Waals surface area contributed by atoms with E-state index >= 15 is 0 Å². The maximum Gasteiger partial charge on any atom is 0.222 e. The molecule has 0 amide bonds. The van der Waals surface area contributed by atoms with Gasteiger partial charge in [0.25, 0.3) is 0 Å². The van der Waals surface area contributed by atoms with Crippen LogP contribution in [-0.2, 0) is 0 Å². The van der Waals surface area contributed by atoms with Crippen LogP contribution < -0.4 is 4.74 Å². The number of ether oxygens (including phenoxy) is 1. The van der Waals surface area contributed by atoms with E-state index in [-0.39, 0.29) is 26.6 Å². The van der Waals surface area contributed by atoms with Crippen molar-refractivity contribution in [2.45, 2.75) is 12.3 Å². The van der Waals surface area contributed by atoms with Crippen LogP contribution in [0.25, 0.3) is 0 Å². The molecule has 2 N–H and O–H groups in total. The number of aromatic hydroxyl groups is 1. The normalized spacial score (nSPS) is 23.9. The van der Waals surface area contributed by atoms with Gasteiger partial charge in [0, 0.05) is 18.3 Å². The second kappa shape index (κ2) is 5.04. The van der Waals surface area contributed by atoms with Gasteiger partial charge >= 0.3 is 0 Å². The molecule has 20 heavy (non-hydrogen) atoms. The Balaban J connectivity index is 2.14. The van der Waals surface area contributed by atoms with E-state index < -0.39 is 12.3 Å². The Kier molecular flexibility index (Phi) is 3.50. The average Bonchev–Trinajstić information content (AvgIpc) is 2.81. The predicted octanol–water partition coefficient (Wildman–Crippen LogP) is 3.49. The lowest BCUT2D eigenvalue weighted by Gasteiger charge is -2.29. The monoisotopic (exact) mass is 333 g/mol. The number of nitrogens with zero attached hydrogens (tertiary/aromatic N) is 1. The summed E-state index contributed by atoms with van der Waals surface area (Å²) in [5.41, 5.74) is 0.436. The molecule has 2 unspecified atom stereocenters. The third kappa shape index (κ3) is 1.95. The number of rotatable bonds is 1. The topological polar surface area (TPSA) is 52.9 Å². The Morgan fingerprint density at radius 1 is 1.15 bits per heavy atom. The molecule has 1 aromatic rings. The van der Waals surface area contributed by atoms with Gasteiger partial charge in [0.15, 0.2) is 5.75 Å². The summed E-state index contributed by atoms with van der Waals surface area (Å²) in [7, 11) is 0. The predicted molar refractivity (Wildman–Crippen MR) is 77.5 cm³/mol. The van der Waals surface area contributed by atoms with Crippen LogP contribution in [0.3, 0.4) is 0 Å². The molecule has 4 nitrogen and oxygen atoms in total. The highest BCUT2D eigenvalue weighted by Gasteiger charge is 2.42. The van der Waals surface area contributed by atoms with E-state index in [2.05, 4.69) is 0 Å². The number of phenolic OH excluding ortho intramolecular Hbond substituents is 1. The molecule has 0 saturated carbocycles. The highest BCUT2D eigenvalue weighted by Crippen LogP contribution is 2.54. The summed E-state index contributed by atoms with van der Waals surface area (Å²) >= 11 is 18.1. The molecule has 2 aliphatic rings. The molecular formula is C13H10Cl3NO3. The Labute approximate surface area is 130 Å². The van der Waals surface area contributed by atoms with Gasteiger partial charge in [-0.15, -0.1) is 0 Å². The summed E-state index contributed by atoms with van der Waals surface area (Å²) in [6.07, 6.45) is 6.32. The Bertz CT molecular complexity index is 630. The van der Waals surface area contributed by atoms with Gasteiger partial charge in [-0.2, -0.15) is 0 Å². The van der Waals surface area contributed by atoms with Gasteiger partial charge in [-0.25, -0.2) is 0 Å². The van der Waals surface area contributed by atoms with E-state index in [1.165, 1.54) is 0 Å². The number of fused-ring (bicyclic) bond motifs is 1.